The van der Waals surface area contributed by atoms with Gasteiger partial charge < -0.3 is 10.0 Å². The maximum absolute atomic E-state index is 11.6. The number of carboxylic acids is 1. The second kappa shape index (κ2) is 6.04. The number of hydrogen-bond donors (Lipinski definition) is 1. The van der Waals surface area contributed by atoms with Crippen molar-refractivity contribution in [3.8, 4) is 0 Å². The molecule has 3 nitrogen and oxygen atoms in total. The molecule has 22 heavy (non-hydrogen) atoms. The van der Waals surface area contributed by atoms with Gasteiger partial charge in [-0.1, -0.05) is 38.1 Å². The van der Waals surface area contributed by atoms with Crippen LogP contribution in [0.3, 0.4) is 0 Å². The number of nitrogens with zero attached hydrogens (tertiary/aromatic N) is 1. The van der Waals surface area contributed by atoms with Gasteiger partial charge in [-0.15, -0.1) is 0 Å². The van der Waals surface area contributed by atoms with Crippen LogP contribution in [0.25, 0.3) is 0 Å². The standard InChI is InChI=1S/C19H27NO2/c1-14(2)7-10-20-11-8-19(9-12-20)13-16(18(21)22)15-5-3-4-6-17(15)19/h3-6,14,16H,7-13H2,1-2H3,(H,21,22). The first kappa shape index (κ1) is 15.5. The van der Waals surface area contributed by atoms with Gasteiger partial charge in [-0.25, -0.2) is 0 Å². The summed E-state index contributed by atoms with van der Waals surface area (Å²) in [5.41, 5.74) is 2.48. The van der Waals surface area contributed by atoms with Crippen LogP contribution in [-0.4, -0.2) is 35.6 Å². The summed E-state index contributed by atoms with van der Waals surface area (Å²) in [4.78, 5) is 14.2. The Kier molecular flexibility index (Phi) is 4.26. The first-order valence-corrected chi connectivity index (χ1v) is 8.56. The monoisotopic (exact) mass is 301 g/mol. The molecule has 1 aromatic rings. The Morgan fingerprint density at radius 1 is 1.32 bits per heavy atom. The molecule has 1 unspecified atom stereocenters. The molecule has 1 aliphatic carbocycles. The molecule has 0 amide bonds. The molecule has 1 fully saturated rings. The van der Waals surface area contributed by atoms with Gasteiger partial charge in [0.25, 0.3) is 0 Å². The van der Waals surface area contributed by atoms with Crippen LogP contribution in [0.15, 0.2) is 24.3 Å². The molecular weight excluding hydrogens is 274 g/mol. The lowest BCUT2D eigenvalue weighted by molar-refractivity contribution is -0.139. The van der Waals surface area contributed by atoms with E-state index < -0.39 is 5.97 Å². The normalized spacial score (nSPS) is 23.9. The largest absolute Gasteiger partial charge is 0.481 e. The number of carboxylic acid groups (broad SMARTS) is 1. The van der Waals surface area contributed by atoms with E-state index in [0.717, 1.165) is 43.8 Å². The molecule has 3 heteroatoms. The minimum absolute atomic E-state index is 0.105. The van der Waals surface area contributed by atoms with Crippen molar-refractivity contribution in [2.45, 2.75) is 50.9 Å². The summed E-state index contributed by atoms with van der Waals surface area (Å²) in [5, 5.41) is 9.56. The third-order valence-electron chi connectivity index (χ3n) is 5.64. The lowest BCUT2D eigenvalue weighted by Gasteiger charge is -2.40. The molecule has 3 rings (SSSR count). The Morgan fingerprint density at radius 2 is 2.00 bits per heavy atom. The van der Waals surface area contributed by atoms with Crippen LogP contribution in [0.2, 0.25) is 0 Å². The smallest absolute Gasteiger partial charge is 0.311 e. The first-order chi connectivity index (χ1) is 10.5. The van der Waals surface area contributed by atoms with Gasteiger partial charge in [0.05, 0.1) is 5.92 Å². The van der Waals surface area contributed by atoms with Crippen molar-refractivity contribution < 1.29 is 9.90 Å². The highest BCUT2D eigenvalue weighted by Gasteiger charge is 2.47. The predicted octanol–water partition coefficient (Wildman–Crippen LogP) is 3.64. The topological polar surface area (TPSA) is 40.5 Å². The van der Waals surface area contributed by atoms with Crippen LogP contribution >= 0.6 is 0 Å². The summed E-state index contributed by atoms with van der Waals surface area (Å²) in [7, 11) is 0. The fraction of sp³-hybridized carbons (Fsp3) is 0.632. The van der Waals surface area contributed by atoms with Crippen molar-refractivity contribution in [1.29, 1.82) is 0 Å². The Hall–Kier alpha value is -1.35. The quantitative estimate of drug-likeness (QED) is 0.923. The van der Waals surface area contributed by atoms with E-state index in [-0.39, 0.29) is 11.3 Å². The zero-order valence-electron chi connectivity index (χ0n) is 13.7. The van der Waals surface area contributed by atoms with Gasteiger partial charge in [0.2, 0.25) is 0 Å². The van der Waals surface area contributed by atoms with E-state index in [4.69, 9.17) is 0 Å². The fourth-order valence-corrected chi connectivity index (χ4v) is 4.23. The average molecular weight is 301 g/mol. The zero-order valence-corrected chi connectivity index (χ0v) is 13.7. The Balaban J connectivity index is 1.75. The summed E-state index contributed by atoms with van der Waals surface area (Å²) in [6.45, 7) is 7.94. The van der Waals surface area contributed by atoms with Crippen LogP contribution < -0.4 is 0 Å². The van der Waals surface area contributed by atoms with E-state index in [1.54, 1.807) is 0 Å². The van der Waals surface area contributed by atoms with Crippen molar-refractivity contribution in [1.82, 2.24) is 4.90 Å². The van der Waals surface area contributed by atoms with Gasteiger partial charge >= 0.3 is 5.97 Å². The number of fused-ring (bicyclic) bond motifs is 2. The highest BCUT2D eigenvalue weighted by atomic mass is 16.4. The first-order valence-electron chi connectivity index (χ1n) is 8.56. The molecule has 1 N–H and O–H groups in total. The molecule has 2 aliphatic rings. The van der Waals surface area contributed by atoms with Gasteiger partial charge in [-0.2, -0.15) is 0 Å². The molecule has 0 saturated carbocycles. The minimum atomic E-state index is -0.661. The maximum Gasteiger partial charge on any atom is 0.311 e. The molecule has 1 atom stereocenters. The lowest BCUT2D eigenvalue weighted by atomic mass is 9.73. The maximum atomic E-state index is 11.6. The average Bonchev–Trinajstić information content (AvgIpc) is 2.82. The Bertz CT molecular complexity index is 544. The predicted molar refractivity (Wildman–Crippen MR) is 88.2 cm³/mol. The van der Waals surface area contributed by atoms with Crippen LogP contribution in [-0.2, 0) is 10.2 Å². The molecule has 0 radical (unpaired) electrons. The number of benzene rings is 1. The Morgan fingerprint density at radius 3 is 2.64 bits per heavy atom. The van der Waals surface area contributed by atoms with E-state index in [0.29, 0.717) is 0 Å². The van der Waals surface area contributed by atoms with Crippen molar-refractivity contribution in [3.05, 3.63) is 35.4 Å². The van der Waals surface area contributed by atoms with Gasteiger partial charge in [0, 0.05) is 0 Å². The molecule has 120 valence electrons. The van der Waals surface area contributed by atoms with Crippen LogP contribution in [0.1, 0.15) is 56.6 Å². The fourth-order valence-electron chi connectivity index (χ4n) is 4.23. The number of carbonyl (C=O) groups is 1. The van der Waals surface area contributed by atoms with E-state index in [9.17, 15) is 9.90 Å². The molecule has 1 heterocycles. The van der Waals surface area contributed by atoms with Crippen molar-refractivity contribution in [2.24, 2.45) is 5.92 Å². The lowest BCUT2D eigenvalue weighted by Crippen LogP contribution is -2.42. The molecule has 1 aliphatic heterocycles. The summed E-state index contributed by atoms with van der Waals surface area (Å²) in [6.07, 6.45) is 4.25. The SMILES string of the molecule is CC(C)CCN1CCC2(CC1)CC(C(=O)O)c1ccccc12. The van der Waals surface area contributed by atoms with E-state index in [1.165, 1.54) is 18.5 Å². The number of hydrogen-bond acceptors (Lipinski definition) is 2. The molecule has 0 aromatic heterocycles. The third-order valence-corrected chi connectivity index (χ3v) is 5.64. The molecule has 1 aromatic carbocycles. The summed E-state index contributed by atoms with van der Waals surface area (Å²) in [5.74, 6) is -0.218. The van der Waals surface area contributed by atoms with Crippen LogP contribution in [0.5, 0.6) is 0 Å². The summed E-state index contributed by atoms with van der Waals surface area (Å²) < 4.78 is 0. The van der Waals surface area contributed by atoms with Crippen molar-refractivity contribution in [3.63, 3.8) is 0 Å². The van der Waals surface area contributed by atoms with Gasteiger partial charge in [-0.3, -0.25) is 4.79 Å². The molecule has 0 bridgehead atoms. The summed E-state index contributed by atoms with van der Waals surface area (Å²) in [6, 6.07) is 8.23. The van der Waals surface area contributed by atoms with Crippen molar-refractivity contribution >= 4 is 5.97 Å². The Labute approximate surface area is 133 Å². The highest BCUT2D eigenvalue weighted by Crippen LogP contribution is 2.51. The molecular formula is C19H27NO2. The summed E-state index contributed by atoms with van der Waals surface area (Å²) >= 11 is 0. The van der Waals surface area contributed by atoms with E-state index >= 15 is 0 Å². The van der Waals surface area contributed by atoms with Gasteiger partial charge in [0.1, 0.15) is 0 Å². The van der Waals surface area contributed by atoms with Crippen LogP contribution in [0, 0.1) is 5.92 Å². The second-order valence-corrected chi connectivity index (χ2v) is 7.49. The van der Waals surface area contributed by atoms with Gasteiger partial charge in [0.15, 0.2) is 0 Å². The number of likely N-dealkylation sites (tertiary alicyclic amines) is 1. The zero-order chi connectivity index (χ0) is 15.7. The number of piperidine rings is 1. The number of aliphatic carboxylic acids is 1. The van der Waals surface area contributed by atoms with Crippen molar-refractivity contribution in [2.75, 3.05) is 19.6 Å². The number of rotatable bonds is 4. The van der Waals surface area contributed by atoms with E-state index in [2.05, 4.69) is 30.9 Å². The van der Waals surface area contributed by atoms with Crippen LogP contribution in [0.4, 0.5) is 0 Å². The van der Waals surface area contributed by atoms with E-state index in [1.807, 2.05) is 12.1 Å². The second-order valence-electron chi connectivity index (χ2n) is 7.49. The highest BCUT2D eigenvalue weighted by molar-refractivity contribution is 5.78. The van der Waals surface area contributed by atoms with Gasteiger partial charge in [-0.05, 0) is 67.8 Å². The molecule has 1 spiro atoms. The third kappa shape index (κ3) is 2.79. The molecule has 1 saturated heterocycles. The minimum Gasteiger partial charge on any atom is -0.481 e.